The molecule has 22 heavy (non-hydrogen) atoms. The minimum Gasteiger partial charge on any atom is -0.454 e. The van der Waals surface area contributed by atoms with Gasteiger partial charge in [-0.2, -0.15) is 10.4 Å². The van der Waals surface area contributed by atoms with Gasteiger partial charge >= 0.3 is 0 Å². The summed E-state index contributed by atoms with van der Waals surface area (Å²) in [5.74, 6) is 0.515. The molecule has 1 aliphatic rings. The van der Waals surface area contributed by atoms with E-state index in [1.54, 1.807) is 5.01 Å². The van der Waals surface area contributed by atoms with E-state index in [2.05, 4.69) is 10.4 Å². The number of anilines is 1. The van der Waals surface area contributed by atoms with E-state index in [1.165, 1.54) is 0 Å². The maximum absolute atomic E-state index is 6.02. The van der Waals surface area contributed by atoms with Crippen molar-refractivity contribution in [3.63, 3.8) is 0 Å². The molecule has 4 nitrogen and oxygen atoms in total. The van der Waals surface area contributed by atoms with Gasteiger partial charge in [0.1, 0.15) is 0 Å². The maximum Gasteiger partial charge on any atom is 0.225 e. The lowest BCUT2D eigenvalue weighted by molar-refractivity contribution is 0.0639. The summed E-state index contributed by atoms with van der Waals surface area (Å²) in [6, 6.07) is 19.6. The van der Waals surface area contributed by atoms with Crippen LogP contribution in [0, 0.1) is 0 Å². The minimum absolute atomic E-state index is 0.413. The van der Waals surface area contributed by atoms with Gasteiger partial charge in [0.15, 0.2) is 5.72 Å². The molecular formula is C17H17N3OS. The molecule has 0 saturated carbocycles. The van der Waals surface area contributed by atoms with Gasteiger partial charge in [-0.1, -0.05) is 36.4 Å². The average molecular weight is 311 g/mol. The van der Waals surface area contributed by atoms with Crippen LogP contribution in [0.1, 0.15) is 19.4 Å². The molecule has 5 heteroatoms. The number of hydrogen-bond acceptors (Lipinski definition) is 3. The van der Waals surface area contributed by atoms with Crippen LogP contribution in [0.2, 0.25) is 0 Å². The fourth-order valence-electron chi connectivity index (χ4n) is 2.20. The van der Waals surface area contributed by atoms with E-state index in [-0.39, 0.29) is 0 Å². The molecule has 0 radical (unpaired) electrons. The first-order valence-corrected chi connectivity index (χ1v) is 7.46. The van der Waals surface area contributed by atoms with Crippen molar-refractivity contribution in [3.8, 4) is 0 Å². The van der Waals surface area contributed by atoms with Crippen LogP contribution in [-0.2, 0) is 4.74 Å². The van der Waals surface area contributed by atoms with Gasteiger partial charge < -0.3 is 4.74 Å². The lowest BCUT2D eigenvalue weighted by atomic mass is 10.2. The Morgan fingerprint density at radius 3 is 2.23 bits per heavy atom. The van der Waals surface area contributed by atoms with Gasteiger partial charge in [0, 0.05) is 5.56 Å². The molecule has 0 aromatic heterocycles. The van der Waals surface area contributed by atoms with Crippen molar-refractivity contribution in [2.75, 3.05) is 5.01 Å². The zero-order valence-electron chi connectivity index (χ0n) is 12.5. The number of hydrogen-bond donors (Lipinski definition) is 1. The van der Waals surface area contributed by atoms with Crippen LogP contribution in [0.3, 0.4) is 0 Å². The lowest BCUT2D eigenvalue weighted by Gasteiger charge is -2.31. The van der Waals surface area contributed by atoms with Crippen LogP contribution in [0.15, 0.2) is 65.7 Å². The van der Waals surface area contributed by atoms with Gasteiger partial charge in [-0.25, -0.2) is 5.01 Å². The van der Waals surface area contributed by atoms with E-state index in [0.29, 0.717) is 11.0 Å². The molecule has 2 aromatic rings. The Morgan fingerprint density at radius 2 is 1.59 bits per heavy atom. The second-order valence-corrected chi connectivity index (χ2v) is 5.83. The predicted molar refractivity (Wildman–Crippen MR) is 92.8 cm³/mol. The summed E-state index contributed by atoms with van der Waals surface area (Å²) in [7, 11) is 0. The topological polar surface area (TPSA) is 36.9 Å². The van der Waals surface area contributed by atoms with Crippen molar-refractivity contribution in [2.24, 2.45) is 4.99 Å². The highest BCUT2D eigenvalue weighted by Gasteiger charge is 2.30. The van der Waals surface area contributed by atoms with Gasteiger partial charge in [-0.05, 0) is 50.3 Å². The first-order valence-electron chi connectivity index (χ1n) is 7.05. The Labute approximate surface area is 135 Å². The van der Waals surface area contributed by atoms with Crippen molar-refractivity contribution in [2.45, 2.75) is 19.6 Å². The van der Waals surface area contributed by atoms with Crippen LogP contribution in [0.25, 0.3) is 0 Å². The monoisotopic (exact) mass is 311 g/mol. The number of rotatable bonds is 2. The van der Waals surface area contributed by atoms with Crippen LogP contribution in [-0.4, -0.2) is 16.7 Å². The zero-order chi connectivity index (χ0) is 15.6. The fourth-order valence-corrected chi connectivity index (χ4v) is 2.43. The van der Waals surface area contributed by atoms with Crippen LogP contribution in [0.5, 0.6) is 0 Å². The summed E-state index contributed by atoms with van der Waals surface area (Å²) >= 11 is 5.47. The smallest absolute Gasteiger partial charge is 0.225 e. The molecule has 1 heterocycles. The van der Waals surface area contributed by atoms with Crippen molar-refractivity contribution < 1.29 is 4.74 Å². The minimum atomic E-state index is -0.648. The largest absolute Gasteiger partial charge is 0.454 e. The summed E-state index contributed by atoms with van der Waals surface area (Å²) in [6.07, 6.45) is 0. The average Bonchev–Trinajstić information content (AvgIpc) is 2.65. The molecule has 0 unspecified atom stereocenters. The number of nitrogens with zero attached hydrogens (tertiary/aromatic N) is 2. The second kappa shape index (κ2) is 5.87. The van der Waals surface area contributed by atoms with E-state index in [4.69, 9.17) is 17.0 Å². The highest BCUT2D eigenvalue weighted by Crippen LogP contribution is 2.21. The summed E-state index contributed by atoms with van der Waals surface area (Å²) in [4.78, 5) is 4.49. The second-order valence-electron chi connectivity index (χ2n) is 5.46. The van der Waals surface area contributed by atoms with Crippen LogP contribution in [0.4, 0.5) is 5.69 Å². The number of thiocarbonyl (C=S) groups is 1. The Morgan fingerprint density at radius 1 is 1.00 bits per heavy atom. The summed E-state index contributed by atoms with van der Waals surface area (Å²) in [5, 5.41) is 2.18. The molecule has 2 aromatic carbocycles. The first kappa shape index (κ1) is 14.7. The third kappa shape index (κ3) is 3.16. The molecule has 0 spiro atoms. The summed E-state index contributed by atoms with van der Waals surface area (Å²) in [6.45, 7) is 3.88. The maximum atomic E-state index is 6.02. The number of ether oxygens (including phenoxy) is 1. The molecule has 1 aliphatic heterocycles. The first-order chi connectivity index (χ1) is 10.6. The quantitative estimate of drug-likeness (QED) is 0.861. The van der Waals surface area contributed by atoms with Crippen molar-refractivity contribution >= 4 is 28.9 Å². The molecule has 1 N–H and O–H groups in total. The highest BCUT2D eigenvalue weighted by molar-refractivity contribution is 7.80. The molecule has 0 saturated heterocycles. The molecule has 0 amide bonds. The number of para-hydroxylation sites is 1. The molecule has 0 aliphatic carbocycles. The van der Waals surface area contributed by atoms with E-state index in [9.17, 15) is 0 Å². The van der Waals surface area contributed by atoms with E-state index < -0.39 is 5.72 Å². The summed E-state index contributed by atoms with van der Waals surface area (Å²) < 4.78 is 6.02. The highest BCUT2D eigenvalue weighted by atomic mass is 32.1. The SMILES string of the molecule is CC1(C)NN(c2ccccc2)C(=S)N=C(c2ccccc2)O1. The van der Waals surface area contributed by atoms with E-state index in [1.807, 2.05) is 74.5 Å². The standard InChI is InChI=1S/C17H17N3OS/c1-17(2)19-20(14-11-7-4-8-12-14)16(22)18-15(21-17)13-9-5-3-6-10-13/h3-12,19H,1-2H3. The molecule has 0 fully saturated rings. The van der Waals surface area contributed by atoms with Crippen molar-refractivity contribution in [1.29, 1.82) is 0 Å². The van der Waals surface area contributed by atoms with Crippen LogP contribution < -0.4 is 10.4 Å². The molecular weight excluding hydrogens is 294 g/mol. The van der Waals surface area contributed by atoms with Crippen molar-refractivity contribution in [1.82, 2.24) is 5.43 Å². The third-order valence-electron chi connectivity index (χ3n) is 3.16. The lowest BCUT2D eigenvalue weighted by Crippen LogP contribution is -2.53. The number of aliphatic imine (C=N–C) groups is 1. The van der Waals surface area contributed by atoms with Gasteiger partial charge in [-0.3, -0.25) is 0 Å². The zero-order valence-corrected chi connectivity index (χ0v) is 13.3. The normalized spacial score (nSPS) is 17.5. The van der Waals surface area contributed by atoms with Gasteiger partial charge in [0.25, 0.3) is 0 Å². The van der Waals surface area contributed by atoms with Crippen LogP contribution >= 0.6 is 12.2 Å². The van der Waals surface area contributed by atoms with E-state index in [0.717, 1.165) is 11.3 Å². The van der Waals surface area contributed by atoms with Crippen molar-refractivity contribution in [3.05, 3.63) is 66.2 Å². The third-order valence-corrected chi connectivity index (χ3v) is 3.43. The Hall–Kier alpha value is -2.24. The fraction of sp³-hybridized carbons (Fsp3) is 0.176. The Kier molecular flexibility index (Phi) is 3.92. The van der Waals surface area contributed by atoms with Gasteiger partial charge in [-0.15, -0.1) is 0 Å². The Balaban J connectivity index is 2.01. The molecule has 0 atom stereocenters. The predicted octanol–water partition coefficient (Wildman–Crippen LogP) is 3.50. The summed E-state index contributed by atoms with van der Waals surface area (Å²) in [5.41, 5.74) is 4.45. The molecule has 3 rings (SSSR count). The molecule has 0 bridgehead atoms. The number of hydrazine groups is 1. The number of nitrogens with one attached hydrogen (secondary N) is 1. The Bertz CT molecular complexity index is 698. The van der Waals surface area contributed by atoms with E-state index >= 15 is 0 Å². The van der Waals surface area contributed by atoms with Gasteiger partial charge in [0.05, 0.1) is 5.69 Å². The van der Waals surface area contributed by atoms with Gasteiger partial charge in [0.2, 0.25) is 11.0 Å². The number of benzene rings is 2. The molecule has 112 valence electrons.